The lowest BCUT2D eigenvalue weighted by Gasteiger charge is -2.41. The summed E-state index contributed by atoms with van der Waals surface area (Å²) in [5.41, 5.74) is 5.75. The lowest BCUT2D eigenvalue weighted by atomic mass is 9.98. The fourth-order valence-corrected chi connectivity index (χ4v) is 8.11. The van der Waals surface area contributed by atoms with Gasteiger partial charge in [0.1, 0.15) is 0 Å². The Kier molecular flexibility index (Phi) is 30.3. The van der Waals surface area contributed by atoms with Crippen molar-refractivity contribution >= 4 is 89.1 Å². The highest BCUT2D eigenvalue weighted by Gasteiger charge is 2.37. The molecule has 0 saturated carbocycles. The van der Waals surface area contributed by atoms with Gasteiger partial charge in [-0.15, -0.1) is 0 Å². The van der Waals surface area contributed by atoms with Crippen LogP contribution in [0.1, 0.15) is 73.1 Å². The Morgan fingerprint density at radius 2 is 0.980 bits per heavy atom. The van der Waals surface area contributed by atoms with E-state index in [2.05, 4.69) is 86.9 Å². The summed E-state index contributed by atoms with van der Waals surface area (Å²) in [4.78, 5) is 53.6. The number of carbonyl (C=O) groups is 4. The number of thioether (sulfide) groups is 3. The third kappa shape index (κ3) is 26.3. The first kappa shape index (κ1) is 48.9. The standard InChI is InChI=1S/C33H66IN7O4S4/c1-7-8-18-40(19-9-28(42)36-14-24-46-6)20-10-29(43)37-15-25-47-32(2,3)33(4,5)48-26-16-38-30(44)11-21-41(23-13-35)22-12-31(45)39-17-27-49-34/h7-27,35H2,1-6H3,(H,36,42)(H,37,43)(H,38,44)(H,39,45). The molecule has 16 heteroatoms. The fraction of sp³-hybridized carbons (Fsp3) is 0.879. The van der Waals surface area contributed by atoms with Gasteiger partial charge in [0.15, 0.2) is 0 Å². The minimum atomic E-state index is -0.0538. The second-order valence-corrected chi connectivity index (χ2v) is 19.7. The Balaban J connectivity index is 4.40. The first-order valence-electron chi connectivity index (χ1n) is 17.5. The molecular formula is C33H66IN7O4S4. The summed E-state index contributed by atoms with van der Waals surface area (Å²) in [7, 11) is 1.67. The van der Waals surface area contributed by atoms with Crippen LogP contribution in [0.4, 0.5) is 0 Å². The zero-order valence-corrected chi connectivity index (χ0v) is 36.4. The first-order chi connectivity index (χ1) is 23.3. The molecule has 49 heavy (non-hydrogen) atoms. The van der Waals surface area contributed by atoms with Gasteiger partial charge >= 0.3 is 0 Å². The predicted molar refractivity (Wildman–Crippen MR) is 225 cm³/mol. The number of unbranched alkanes of at least 4 members (excludes halogenated alkanes) is 1. The Morgan fingerprint density at radius 1 is 0.612 bits per heavy atom. The average Bonchev–Trinajstić information content (AvgIpc) is 3.06. The maximum Gasteiger partial charge on any atom is 0.221 e. The third-order valence-electron chi connectivity index (χ3n) is 8.25. The molecule has 0 saturated heterocycles. The summed E-state index contributed by atoms with van der Waals surface area (Å²) in [6.45, 7) is 18.2. The van der Waals surface area contributed by atoms with E-state index in [1.54, 1.807) is 20.7 Å². The number of amides is 4. The number of carbonyl (C=O) groups excluding carboxylic acids is 4. The van der Waals surface area contributed by atoms with Crippen molar-refractivity contribution in [1.29, 1.82) is 0 Å². The molecule has 0 atom stereocenters. The molecule has 0 aliphatic heterocycles. The molecule has 0 rings (SSSR count). The minimum absolute atomic E-state index is 0.00831. The number of hydrogen-bond donors (Lipinski definition) is 5. The molecule has 0 aliphatic rings. The van der Waals surface area contributed by atoms with E-state index in [9.17, 15) is 19.2 Å². The van der Waals surface area contributed by atoms with Gasteiger partial charge in [-0.1, -0.05) is 22.3 Å². The van der Waals surface area contributed by atoms with Crippen molar-refractivity contribution in [3.8, 4) is 0 Å². The highest BCUT2D eigenvalue weighted by Crippen LogP contribution is 2.43. The number of nitrogens with one attached hydrogen (secondary N) is 4. The molecule has 0 aromatic heterocycles. The van der Waals surface area contributed by atoms with Gasteiger partial charge in [0.2, 0.25) is 23.6 Å². The van der Waals surface area contributed by atoms with Crippen molar-refractivity contribution in [1.82, 2.24) is 31.1 Å². The number of nitrogens with zero attached hydrogens (tertiary/aromatic N) is 2. The van der Waals surface area contributed by atoms with Crippen LogP contribution >= 0.6 is 65.4 Å². The molecule has 0 heterocycles. The SMILES string of the molecule is CCCCN(CCC(=O)NCCSC)CCC(=O)NCCSC(C)(C)C(C)(C)SCCNC(=O)CCN(CCN)CCC(=O)NCCSI. The van der Waals surface area contributed by atoms with Crippen LogP contribution in [0.5, 0.6) is 0 Å². The van der Waals surface area contributed by atoms with E-state index >= 15 is 0 Å². The maximum absolute atomic E-state index is 12.6. The summed E-state index contributed by atoms with van der Waals surface area (Å²) >= 11 is 7.62. The van der Waals surface area contributed by atoms with Crippen LogP contribution in [0.15, 0.2) is 0 Å². The monoisotopic (exact) mass is 879 g/mol. The third-order valence-corrected chi connectivity index (χ3v) is 13.9. The topological polar surface area (TPSA) is 149 Å². The van der Waals surface area contributed by atoms with Crippen LogP contribution in [0.2, 0.25) is 0 Å². The molecule has 0 aromatic rings. The largest absolute Gasteiger partial charge is 0.355 e. The number of nitrogens with two attached hydrogens (primary N) is 1. The molecule has 0 aromatic carbocycles. The fourth-order valence-electron chi connectivity index (χ4n) is 4.49. The zero-order valence-electron chi connectivity index (χ0n) is 31.0. The lowest BCUT2D eigenvalue weighted by Crippen LogP contribution is -2.42. The van der Waals surface area contributed by atoms with Crippen molar-refractivity contribution in [2.45, 2.75) is 82.6 Å². The second-order valence-electron chi connectivity index (χ2n) is 12.7. The van der Waals surface area contributed by atoms with Gasteiger partial charge in [-0.05, 0) is 68.1 Å². The van der Waals surface area contributed by atoms with Crippen molar-refractivity contribution in [3.63, 3.8) is 0 Å². The van der Waals surface area contributed by atoms with Crippen LogP contribution in [0.25, 0.3) is 0 Å². The van der Waals surface area contributed by atoms with Crippen molar-refractivity contribution in [2.24, 2.45) is 5.73 Å². The van der Waals surface area contributed by atoms with Gasteiger partial charge in [-0.3, -0.25) is 19.2 Å². The molecule has 4 amide bonds. The zero-order chi connectivity index (χ0) is 37.0. The van der Waals surface area contributed by atoms with Gasteiger partial charge < -0.3 is 36.8 Å². The molecule has 6 N–H and O–H groups in total. The van der Waals surface area contributed by atoms with E-state index in [-0.39, 0.29) is 33.1 Å². The van der Waals surface area contributed by atoms with E-state index < -0.39 is 0 Å². The Labute approximate surface area is 326 Å². The molecule has 0 spiro atoms. The molecule has 0 radical (unpaired) electrons. The molecule has 0 fully saturated rings. The van der Waals surface area contributed by atoms with Gasteiger partial charge in [0.05, 0.1) is 0 Å². The highest BCUT2D eigenvalue weighted by atomic mass is 127. The van der Waals surface area contributed by atoms with Crippen molar-refractivity contribution in [2.75, 3.05) is 101 Å². The van der Waals surface area contributed by atoms with E-state index in [1.165, 1.54) is 0 Å². The number of halogens is 1. The van der Waals surface area contributed by atoms with E-state index in [4.69, 9.17) is 5.73 Å². The van der Waals surface area contributed by atoms with E-state index in [0.29, 0.717) is 91.1 Å². The highest BCUT2D eigenvalue weighted by molar-refractivity contribution is 14.2. The molecular weight excluding hydrogens is 814 g/mol. The second kappa shape index (κ2) is 30.4. The van der Waals surface area contributed by atoms with Crippen LogP contribution in [-0.4, -0.2) is 144 Å². The number of hydrogen-bond acceptors (Lipinski definition) is 11. The summed E-state index contributed by atoms with van der Waals surface area (Å²) < 4.78 is -0.106. The van der Waals surface area contributed by atoms with Gasteiger partial charge in [-0.2, -0.15) is 35.3 Å². The normalized spacial score (nSPS) is 12.0. The summed E-state index contributed by atoms with van der Waals surface area (Å²) in [5, 5.41) is 12.0. The van der Waals surface area contributed by atoms with E-state index in [0.717, 1.165) is 42.4 Å². The van der Waals surface area contributed by atoms with E-state index in [1.807, 2.05) is 29.8 Å². The van der Waals surface area contributed by atoms with Gasteiger partial charge in [0, 0.05) is 124 Å². The van der Waals surface area contributed by atoms with Crippen LogP contribution in [-0.2, 0) is 19.2 Å². The van der Waals surface area contributed by atoms with Crippen molar-refractivity contribution < 1.29 is 19.2 Å². The summed E-state index contributed by atoms with van der Waals surface area (Å²) in [6, 6.07) is 0. The lowest BCUT2D eigenvalue weighted by molar-refractivity contribution is -0.123. The predicted octanol–water partition coefficient (Wildman–Crippen LogP) is 3.84. The molecule has 288 valence electrons. The van der Waals surface area contributed by atoms with Gasteiger partial charge in [0.25, 0.3) is 0 Å². The molecule has 11 nitrogen and oxygen atoms in total. The maximum atomic E-state index is 12.6. The average molecular weight is 880 g/mol. The Morgan fingerprint density at radius 3 is 1.33 bits per heavy atom. The smallest absolute Gasteiger partial charge is 0.221 e. The van der Waals surface area contributed by atoms with Gasteiger partial charge in [-0.25, -0.2) is 0 Å². The Hall–Kier alpha value is -0.110. The summed E-state index contributed by atoms with van der Waals surface area (Å²) in [5.74, 6) is 3.57. The first-order valence-corrected chi connectivity index (χ1v) is 24.4. The molecule has 0 unspecified atom stereocenters. The van der Waals surface area contributed by atoms with Crippen LogP contribution < -0.4 is 27.0 Å². The Bertz CT molecular complexity index is 922. The molecule has 0 bridgehead atoms. The van der Waals surface area contributed by atoms with Crippen LogP contribution in [0, 0.1) is 0 Å². The quantitative estimate of drug-likeness (QED) is 0.0496. The van der Waals surface area contributed by atoms with Crippen molar-refractivity contribution in [3.05, 3.63) is 0 Å². The van der Waals surface area contributed by atoms with Crippen LogP contribution in [0.3, 0.4) is 0 Å². The minimum Gasteiger partial charge on any atom is -0.355 e. The summed E-state index contributed by atoms with van der Waals surface area (Å²) in [6.07, 6.45) is 5.82. The molecule has 0 aliphatic carbocycles. The number of rotatable bonds is 32.